The van der Waals surface area contributed by atoms with Gasteiger partial charge in [0.1, 0.15) is 6.10 Å². The largest absolute Gasteiger partial charge is 0.364 e. The number of amides is 1. The van der Waals surface area contributed by atoms with Crippen molar-refractivity contribution in [2.75, 3.05) is 19.6 Å². The summed E-state index contributed by atoms with van der Waals surface area (Å²) in [6.07, 6.45) is 2.73. The van der Waals surface area contributed by atoms with Gasteiger partial charge in [-0.2, -0.15) is 0 Å². The Morgan fingerprint density at radius 2 is 1.76 bits per heavy atom. The molecule has 1 aromatic carbocycles. The third-order valence-electron chi connectivity index (χ3n) is 5.16. The van der Waals surface area contributed by atoms with Crippen molar-refractivity contribution < 1.29 is 14.3 Å². The van der Waals surface area contributed by atoms with Gasteiger partial charge in [0, 0.05) is 31.1 Å². The zero-order valence-corrected chi connectivity index (χ0v) is 15.5. The highest BCUT2D eigenvalue weighted by Gasteiger charge is 2.35. The van der Waals surface area contributed by atoms with Gasteiger partial charge in [-0.05, 0) is 32.6 Å². The number of nitrogens with two attached hydrogens (primary N) is 1. The molecule has 2 N–H and O–H groups in total. The first-order valence-electron chi connectivity index (χ1n) is 8.83. The van der Waals surface area contributed by atoms with Crippen LogP contribution < -0.4 is 5.73 Å². The molecular formula is C19H27ClN2O3. The number of benzene rings is 1. The van der Waals surface area contributed by atoms with Gasteiger partial charge in [-0.25, -0.2) is 0 Å². The molecule has 0 bridgehead atoms. The minimum atomic E-state index is -0.345. The summed E-state index contributed by atoms with van der Waals surface area (Å²) in [5, 5.41) is 0. The first-order valence-corrected chi connectivity index (χ1v) is 8.83. The Morgan fingerprint density at radius 3 is 2.32 bits per heavy atom. The first-order chi connectivity index (χ1) is 11.6. The van der Waals surface area contributed by atoms with Crippen LogP contribution >= 0.6 is 12.4 Å². The van der Waals surface area contributed by atoms with E-state index >= 15 is 0 Å². The van der Waals surface area contributed by atoms with Gasteiger partial charge < -0.3 is 15.4 Å². The third kappa shape index (κ3) is 4.60. The van der Waals surface area contributed by atoms with E-state index in [0.29, 0.717) is 19.6 Å². The van der Waals surface area contributed by atoms with Crippen molar-refractivity contribution in [2.24, 2.45) is 11.7 Å². The summed E-state index contributed by atoms with van der Waals surface area (Å²) in [5.74, 6) is 0.271. The number of hydrogen-bond donors (Lipinski definition) is 1. The molecule has 0 radical (unpaired) electrons. The van der Waals surface area contributed by atoms with Crippen LogP contribution in [0.1, 0.15) is 41.6 Å². The summed E-state index contributed by atoms with van der Waals surface area (Å²) in [4.78, 5) is 27.0. The van der Waals surface area contributed by atoms with Crippen molar-refractivity contribution in [3.8, 4) is 0 Å². The van der Waals surface area contributed by atoms with E-state index in [4.69, 9.17) is 10.5 Å². The van der Waals surface area contributed by atoms with Crippen molar-refractivity contribution in [3.05, 3.63) is 35.4 Å². The number of Topliss-reactive ketones (excluding diaryl/α,β-unsaturated/α-hetero) is 1. The summed E-state index contributed by atoms with van der Waals surface area (Å²) < 4.78 is 5.70. The second kappa shape index (κ2) is 8.79. The molecule has 2 aliphatic rings. The maximum Gasteiger partial charge on any atom is 0.251 e. The zero-order valence-electron chi connectivity index (χ0n) is 14.6. The molecule has 6 heteroatoms. The molecule has 5 nitrogen and oxygen atoms in total. The Balaban J connectivity index is 0.00000225. The fraction of sp³-hybridized carbons (Fsp3) is 0.579. The fourth-order valence-electron chi connectivity index (χ4n) is 3.58. The van der Waals surface area contributed by atoms with E-state index in [1.54, 1.807) is 0 Å². The topological polar surface area (TPSA) is 72.6 Å². The van der Waals surface area contributed by atoms with E-state index in [1.165, 1.54) is 0 Å². The zero-order chi connectivity index (χ0) is 17.1. The Bertz CT molecular complexity index is 597. The van der Waals surface area contributed by atoms with Crippen LogP contribution in [0.5, 0.6) is 0 Å². The van der Waals surface area contributed by atoms with Crippen LogP contribution in [0.2, 0.25) is 0 Å². The molecule has 2 aliphatic heterocycles. The number of carbonyl (C=O) groups excluding carboxylic acids is 2. The number of ether oxygens (including phenoxy) is 1. The molecule has 0 saturated carbocycles. The molecule has 0 spiro atoms. The highest BCUT2D eigenvalue weighted by molar-refractivity contribution is 5.98. The van der Waals surface area contributed by atoms with Crippen molar-refractivity contribution in [1.29, 1.82) is 0 Å². The van der Waals surface area contributed by atoms with Gasteiger partial charge in [-0.3, -0.25) is 9.59 Å². The second-order valence-corrected chi connectivity index (χ2v) is 6.89. The number of halogens is 1. The van der Waals surface area contributed by atoms with Crippen molar-refractivity contribution in [3.63, 3.8) is 0 Å². The highest BCUT2D eigenvalue weighted by atomic mass is 35.5. The number of aryl methyl sites for hydroxylation is 1. The van der Waals surface area contributed by atoms with E-state index in [-0.39, 0.29) is 42.2 Å². The monoisotopic (exact) mass is 366 g/mol. The average molecular weight is 367 g/mol. The number of piperidine rings is 1. The number of hydrogen-bond acceptors (Lipinski definition) is 4. The minimum Gasteiger partial charge on any atom is -0.364 e. The fourth-order valence-corrected chi connectivity index (χ4v) is 3.58. The number of nitrogens with zero attached hydrogens (tertiary/aromatic N) is 1. The quantitative estimate of drug-likeness (QED) is 0.830. The molecule has 1 amide bonds. The molecule has 2 heterocycles. The van der Waals surface area contributed by atoms with Crippen molar-refractivity contribution in [1.82, 2.24) is 4.90 Å². The predicted octanol–water partition coefficient (Wildman–Crippen LogP) is 2.34. The minimum absolute atomic E-state index is 0. The van der Waals surface area contributed by atoms with Gasteiger partial charge >= 0.3 is 0 Å². The lowest BCUT2D eigenvalue weighted by atomic mass is 9.88. The third-order valence-corrected chi connectivity index (χ3v) is 5.16. The molecule has 0 aliphatic carbocycles. The molecule has 2 fully saturated rings. The van der Waals surface area contributed by atoms with Crippen molar-refractivity contribution in [2.45, 2.75) is 44.8 Å². The summed E-state index contributed by atoms with van der Waals surface area (Å²) in [7, 11) is 0. The van der Waals surface area contributed by atoms with E-state index in [1.807, 2.05) is 36.1 Å². The molecular weight excluding hydrogens is 340 g/mol. The molecule has 0 unspecified atom stereocenters. The number of likely N-dealkylation sites (tertiary alicyclic amines) is 1. The van der Waals surface area contributed by atoms with Gasteiger partial charge in [0.25, 0.3) is 5.91 Å². The van der Waals surface area contributed by atoms with Gasteiger partial charge in [-0.15, -0.1) is 12.4 Å². The van der Waals surface area contributed by atoms with Crippen LogP contribution in [0.15, 0.2) is 24.3 Å². The van der Waals surface area contributed by atoms with Crippen LogP contribution in [-0.2, 0) is 9.53 Å². The molecule has 138 valence electrons. The summed E-state index contributed by atoms with van der Waals surface area (Å²) in [6.45, 7) is 3.75. The molecule has 25 heavy (non-hydrogen) atoms. The van der Waals surface area contributed by atoms with Crippen LogP contribution in [0.25, 0.3) is 0 Å². The van der Waals surface area contributed by atoms with Crippen LogP contribution in [0.3, 0.4) is 0 Å². The average Bonchev–Trinajstić information content (AvgIpc) is 3.10. The van der Waals surface area contributed by atoms with Gasteiger partial charge in [0.05, 0.1) is 6.10 Å². The normalized spacial score (nSPS) is 24.0. The summed E-state index contributed by atoms with van der Waals surface area (Å²) in [5.41, 5.74) is 7.53. The Morgan fingerprint density at radius 1 is 1.12 bits per heavy atom. The molecule has 2 saturated heterocycles. The van der Waals surface area contributed by atoms with Crippen LogP contribution in [0, 0.1) is 12.8 Å². The Kier molecular flexibility index (Phi) is 6.99. The maximum absolute atomic E-state index is 12.6. The molecule has 2 atom stereocenters. The van der Waals surface area contributed by atoms with E-state index in [0.717, 1.165) is 36.8 Å². The summed E-state index contributed by atoms with van der Waals surface area (Å²) >= 11 is 0. The lowest BCUT2D eigenvalue weighted by Gasteiger charge is -2.33. The summed E-state index contributed by atoms with van der Waals surface area (Å²) in [6, 6.07) is 7.73. The lowest BCUT2D eigenvalue weighted by molar-refractivity contribution is -0.144. The van der Waals surface area contributed by atoms with Gasteiger partial charge in [-0.1, -0.05) is 29.8 Å². The highest BCUT2D eigenvalue weighted by Crippen LogP contribution is 2.26. The van der Waals surface area contributed by atoms with E-state index in [2.05, 4.69) is 0 Å². The second-order valence-electron chi connectivity index (χ2n) is 6.89. The van der Waals surface area contributed by atoms with Gasteiger partial charge in [0.2, 0.25) is 0 Å². The Hall–Kier alpha value is -1.43. The maximum atomic E-state index is 12.6. The molecule has 1 aromatic rings. The number of carbonyl (C=O) groups is 2. The number of ketones is 1. The molecule has 3 rings (SSSR count). The first kappa shape index (κ1) is 19.9. The lowest BCUT2D eigenvalue weighted by Crippen LogP contribution is -2.45. The van der Waals surface area contributed by atoms with Gasteiger partial charge in [0.15, 0.2) is 5.78 Å². The van der Waals surface area contributed by atoms with E-state index in [9.17, 15) is 9.59 Å². The standard InChI is InChI=1S/C19H26N2O3.ClH/c1-13-2-4-14(5-3-13)18(22)15-8-10-21(11-9-15)19(23)17-7-6-16(12-20)24-17;/h2-5,15-17H,6-12,20H2,1H3;1H/t16-,17+;/m1./s1. The Labute approximate surface area is 155 Å². The smallest absolute Gasteiger partial charge is 0.251 e. The van der Waals surface area contributed by atoms with E-state index < -0.39 is 0 Å². The van der Waals surface area contributed by atoms with Crippen molar-refractivity contribution >= 4 is 24.1 Å². The van der Waals surface area contributed by atoms with Crippen LogP contribution in [-0.4, -0.2) is 48.4 Å². The van der Waals surface area contributed by atoms with Crippen LogP contribution in [0.4, 0.5) is 0 Å². The number of rotatable bonds is 4. The molecule has 0 aromatic heterocycles. The predicted molar refractivity (Wildman–Crippen MR) is 99.0 cm³/mol. The SMILES string of the molecule is Cc1ccc(C(=O)C2CCN(C(=O)[C@@H]3CC[C@H](CN)O3)CC2)cc1.Cl.